The van der Waals surface area contributed by atoms with E-state index in [0.29, 0.717) is 0 Å². The van der Waals surface area contributed by atoms with Gasteiger partial charge in [0, 0.05) is 10.8 Å². The summed E-state index contributed by atoms with van der Waals surface area (Å²) in [6, 6.07) is 10.1. The number of fused-ring (bicyclic) bond motifs is 1. The fourth-order valence-electron chi connectivity index (χ4n) is 1.40. The summed E-state index contributed by atoms with van der Waals surface area (Å²) >= 11 is 0. The number of aromatic amines is 1. The molecule has 1 aromatic heterocycles. The molecule has 2 nitrogen and oxygen atoms in total. The number of aromatic nitrogens is 1. The topological polar surface area (TPSA) is 36.0 Å². The average molecular weight is 191 g/mol. The average Bonchev–Trinajstić information content (AvgIpc) is 2.45. The number of H-pyrrole nitrogens is 1. The van der Waals surface area contributed by atoms with Gasteiger partial charge in [0.2, 0.25) is 8.32 Å². The Hall–Kier alpha value is -1.06. The summed E-state index contributed by atoms with van der Waals surface area (Å²) in [7, 11) is -2.17. The van der Waals surface area contributed by atoms with E-state index in [4.69, 9.17) is 0 Å². The molecule has 0 bridgehead atoms. The van der Waals surface area contributed by atoms with E-state index >= 15 is 0 Å². The SMILES string of the molecule is C[Si](C)(O)c1cc2ccccc2[nH]1. The molecule has 2 N–H and O–H groups in total. The van der Waals surface area contributed by atoms with E-state index in [1.165, 1.54) is 5.39 Å². The number of rotatable bonds is 1. The number of hydrogen-bond donors (Lipinski definition) is 2. The van der Waals surface area contributed by atoms with Gasteiger partial charge in [-0.1, -0.05) is 18.2 Å². The molecule has 1 aromatic carbocycles. The minimum Gasteiger partial charge on any atom is -0.427 e. The van der Waals surface area contributed by atoms with Crippen LogP contribution in [0.25, 0.3) is 10.9 Å². The summed E-state index contributed by atoms with van der Waals surface area (Å²) in [5.74, 6) is 0. The summed E-state index contributed by atoms with van der Waals surface area (Å²) in [5, 5.41) is 2.17. The second kappa shape index (κ2) is 2.72. The van der Waals surface area contributed by atoms with Gasteiger partial charge in [0.1, 0.15) is 0 Å². The predicted octanol–water partition coefficient (Wildman–Crippen LogP) is 1.57. The first-order chi connectivity index (χ1) is 6.07. The Morgan fingerprint density at radius 1 is 1.23 bits per heavy atom. The van der Waals surface area contributed by atoms with Crippen LogP contribution in [0.15, 0.2) is 30.3 Å². The van der Waals surface area contributed by atoms with Crippen LogP contribution in [0, 0.1) is 0 Å². The third-order valence-corrected chi connectivity index (χ3v) is 3.78. The van der Waals surface area contributed by atoms with Crippen LogP contribution in [-0.2, 0) is 0 Å². The summed E-state index contributed by atoms with van der Waals surface area (Å²) in [6.45, 7) is 3.83. The van der Waals surface area contributed by atoms with Crippen molar-refractivity contribution in [2.45, 2.75) is 13.1 Å². The maximum absolute atomic E-state index is 9.90. The van der Waals surface area contributed by atoms with Crippen molar-refractivity contribution in [3.05, 3.63) is 30.3 Å². The summed E-state index contributed by atoms with van der Waals surface area (Å²) < 4.78 is 0. The lowest BCUT2D eigenvalue weighted by molar-refractivity contribution is 0.567. The first kappa shape index (κ1) is 8.53. The largest absolute Gasteiger partial charge is 0.427 e. The van der Waals surface area contributed by atoms with E-state index in [9.17, 15) is 4.80 Å². The van der Waals surface area contributed by atoms with Crippen LogP contribution in [0.2, 0.25) is 13.1 Å². The summed E-state index contributed by atoms with van der Waals surface area (Å²) in [6.07, 6.45) is 0. The van der Waals surface area contributed by atoms with Gasteiger partial charge in [-0.3, -0.25) is 0 Å². The highest BCUT2D eigenvalue weighted by molar-refractivity contribution is 6.82. The van der Waals surface area contributed by atoms with Crippen molar-refractivity contribution in [2.75, 3.05) is 0 Å². The van der Waals surface area contributed by atoms with Gasteiger partial charge in [0.25, 0.3) is 0 Å². The van der Waals surface area contributed by atoms with E-state index < -0.39 is 8.32 Å². The molecule has 0 fully saturated rings. The molecule has 0 aliphatic rings. The Kier molecular flexibility index (Phi) is 1.78. The lowest BCUT2D eigenvalue weighted by atomic mass is 10.3. The second-order valence-electron chi connectivity index (χ2n) is 3.83. The smallest absolute Gasteiger partial charge is 0.230 e. The van der Waals surface area contributed by atoms with Crippen molar-refractivity contribution >= 4 is 24.5 Å². The molecule has 0 radical (unpaired) electrons. The highest BCUT2D eigenvalue weighted by Gasteiger charge is 2.21. The van der Waals surface area contributed by atoms with Crippen molar-refractivity contribution in [2.24, 2.45) is 0 Å². The quantitative estimate of drug-likeness (QED) is 0.660. The van der Waals surface area contributed by atoms with E-state index in [1.54, 1.807) is 0 Å². The molecule has 0 saturated carbocycles. The molecule has 68 valence electrons. The maximum atomic E-state index is 9.90. The first-order valence-corrected chi connectivity index (χ1v) is 7.33. The number of benzene rings is 1. The standard InChI is InChI=1S/C10H13NOSi/c1-13(2,12)10-7-8-5-3-4-6-9(8)11-10/h3-7,11-12H,1-2H3. The molecular weight excluding hydrogens is 178 g/mol. The Labute approximate surface area is 78.4 Å². The van der Waals surface area contributed by atoms with Crippen LogP contribution < -0.4 is 5.32 Å². The van der Waals surface area contributed by atoms with E-state index in [2.05, 4.69) is 11.1 Å². The van der Waals surface area contributed by atoms with Gasteiger partial charge in [-0.15, -0.1) is 0 Å². The molecule has 2 rings (SSSR count). The van der Waals surface area contributed by atoms with Crippen LogP contribution in [-0.4, -0.2) is 18.1 Å². The molecule has 2 aromatic rings. The lowest BCUT2D eigenvalue weighted by Crippen LogP contribution is -2.42. The summed E-state index contributed by atoms with van der Waals surface area (Å²) in [4.78, 5) is 13.1. The van der Waals surface area contributed by atoms with Crippen molar-refractivity contribution in [3.8, 4) is 0 Å². The van der Waals surface area contributed by atoms with Crippen LogP contribution in [0.3, 0.4) is 0 Å². The van der Waals surface area contributed by atoms with Crippen LogP contribution in [0.5, 0.6) is 0 Å². The fourth-order valence-corrected chi connectivity index (χ4v) is 2.35. The Balaban J connectivity index is 2.63. The van der Waals surface area contributed by atoms with Crippen molar-refractivity contribution in [3.63, 3.8) is 0 Å². The normalized spacial score (nSPS) is 12.2. The van der Waals surface area contributed by atoms with Crippen LogP contribution in [0.4, 0.5) is 0 Å². The highest BCUT2D eigenvalue weighted by atomic mass is 28.4. The number of para-hydroxylation sites is 1. The minimum absolute atomic E-state index is 0.994. The number of hydrogen-bond acceptors (Lipinski definition) is 1. The van der Waals surface area contributed by atoms with Gasteiger partial charge in [0.15, 0.2) is 0 Å². The van der Waals surface area contributed by atoms with Crippen LogP contribution in [0.1, 0.15) is 0 Å². The van der Waals surface area contributed by atoms with Gasteiger partial charge in [0.05, 0.1) is 0 Å². The molecule has 0 saturated heterocycles. The molecule has 1 heterocycles. The van der Waals surface area contributed by atoms with E-state index in [-0.39, 0.29) is 0 Å². The van der Waals surface area contributed by atoms with Gasteiger partial charge in [-0.25, -0.2) is 0 Å². The second-order valence-corrected chi connectivity index (χ2v) is 7.49. The minimum atomic E-state index is -2.17. The number of nitrogens with one attached hydrogen (secondary N) is 1. The first-order valence-electron chi connectivity index (χ1n) is 4.38. The predicted molar refractivity (Wildman–Crippen MR) is 57.6 cm³/mol. The molecule has 13 heavy (non-hydrogen) atoms. The van der Waals surface area contributed by atoms with Crippen molar-refractivity contribution < 1.29 is 4.80 Å². The molecule has 3 heteroatoms. The molecule has 0 amide bonds. The molecule has 0 aliphatic carbocycles. The lowest BCUT2D eigenvalue weighted by Gasteiger charge is -2.10. The Morgan fingerprint density at radius 3 is 2.54 bits per heavy atom. The molecule has 0 unspecified atom stereocenters. The molecular formula is C10H13NOSi. The zero-order chi connectivity index (χ0) is 9.47. The Bertz CT molecular complexity index is 395. The Morgan fingerprint density at radius 2 is 1.92 bits per heavy atom. The van der Waals surface area contributed by atoms with Crippen molar-refractivity contribution in [1.29, 1.82) is 0 Å². The van der Waals surface area contributed by atoms with Crippen LogP contribution >= 0.6 is 0 Å². The zero-order valence-corrected chi connectivity index (χ0v) is 8.83. The van der Waals surface area contributed by atoms with E-state index in [0.717, 1.165) is 10.8 Å². The molecule has 0 spiro atoms. The van der Waals surface area contributed by atoms with Gasteiger partial charge < -0.3 is 9.78 Å². The van der Waals surface area contributed by atoms with E-state index in [1.807, 2.05) is 37.4 Å². The van der Waals surface area contributed by atoms with Crippen molar-refractivity contribution in [1.82, 2.24) is 4.98 Å². The molecule has 0 atom stereocenters. The third kappa shape index (κ3) is 1.52. The van der Waals surface area contributed by atoms with Gasteiger partial charge in [-0.2, -0.15) is 0 Å². The monoisotopic (exact) mass is 191 g/mol. The van der Waals surface area contributed by atoms with Gasteiger partial charge in [-0.05, 0) is 30.6 Å². The molecule has 0 aliphatic heterocycles. The highest BCUT2D eigenvalue weighted by Crippen LogP contribution is 2.11. The third-order valence-electron chi connectivity index (χ3n) is 2.19. The summed E-state index contributed by atoms with van der Waals surface area (Å²) in [5.41, 5.74) is 1.10. The fraction of sp³-hybridized carbons (Fsp3) is 0.200. The van der Waals surface area contributed by atoms with Gasteiger partial charge >= 0.3 is 0 Å². The zero-order valence-electron chi connectivity index (χ0n) is 7.83. The maximum Gasteiger partial charge on any atom is 0.230 e.